The lowest BCUT2D eigenvalue weighted by Crippen LogP contribution is -2.48. The van der Waals surface area contributed by atoms with E-state index in [1.165, 1.54) is 35.2 Å². The first kappa shape index (κ1) is 34.7. The van der Waals surface area contributed by atoms with Crippen LogP contribution in [0.15, 0.2) is 48.8 Å². The minimum absolute atomic E-state index is 0.0368. The molecule has 3 heterocycles. The maximum Gasteiger partial charge on any atom is 0.416 e. The summed E-state index contributed by atoms with van der Waals surface area (Å²) in [6.07, 6.45) is -8.57. The first-order chi connectivity index (χ1) is 23.5. The molecule has 0 unspecified atom stereocenters. The Morgan fingerprint density at radius 1 is 1.00 bits per heavy atom. The molecular weight excluding hydrogens is 676 g/mol. The number of nitriles is 1. The summed E-state index contributed by atoms with van der Waals surface area (Å²) in [6.45, 7) is -0.512. The Bertz CT molecular complexity index is 1970. The molecule has 1 saturated carbocycles. The molecule has 262 valence electrons. The van der Waals surface area contributed by atoms with E-state index in [2.05, 4.69) is 25.8 Å². The minimum atomic E-state index is -4.87. The Hall–Kier alpha value is -5.11. The summed E-state index contributed by atoms with van der Waals surface area (Å²) in [7, 11) is 1.60. The molecule has 50 heavy (non-hydrogen) atoms. The molecule has 2 aromatic carbocycles. The van der Waals surface area contributed by atoms with E-state index in [-0.39, 0.29) is 70.4 Å². The van der Waals surface area contributed by atoms with Crippen LogP contribution in [0.3, 0.4) is 0 Å². The molecule has 0 spiro atoms. The van der Waals surface area contributed by atoms with Crippen molar-refractivity contribution in [1.82, 2.24) is 25.1 Å². The molecule has 2 aliphatic rings. The molecule has 1 aliphatic carbocycles. The molecule has 1 aliphatic heterocycles. The number of fused-ring (bicyclic) bond motifs is 1. The van der Waals surface area contributed by atoms with Gasteiger partial charge in [-0.2, -0.15) is 31.6 Å². The van der Waals surface area contributed by atoms with Crippen molar-refractivity contribution in [2.24, 2.45) is 7.05 Å². The zero-order valence-corrected chi connectivity index (χ0v) is 26.3. The predicted octanol–water partition coefficient (Wildman–Crippen LogP) is 7.35. The van der Waals surface area contributed by atoms with Gasteiger partial charge >= 0.3 is 12.4 Å². The van der Waals surface area contributed by atoms with E-state index in [0.29, 0.717) is 6.42 Å². The van der Waals surface area contributed by atoms with Crippen molar-refractivity contribution < 1.29 is 39.9 Å². The number of halogens is 8. The van der Waals surface area contributed by atoms with Crippen LogP contribution < -0.4 is 15.5 Å². The largest absolute Gasteiger partial charge is 0.416 e. The smallest absolute Gasteiger partial charge is 0.370 e. The van der Waals surface area contributed by atoms with Gasteiger partial charge in [0.15, 0.2) is 5.82 Å². The SMILES string of the molecule is Cn1cnnc1-c1ccc(C(F)(F)F)cc1-c1cc(NCCCC#N)nc(N2Cc3c(cc(CNC4CC(F)(F)C4)cc3C(F)(F)F)C2=O)c1. The molecule has 0 saturated heterocycles. The van der Waals surface area contributed by atoms with E-state index in [1.54, 1.807) is 7.05 Å². The van der Waals surface area contributed by atoms with Crippen LogP contribution in [0.25, 0.3) is 22.5 Å². The molecule has 1 amide bonds. The average Bonchev–Trinajstić information content (AvgIpc) is 3.61. The topological polar surface area (TPSA) is 112 Å². The lowest BCUT2D eigenvalue weighted by atomic mass is 9.88. The molecular formula is C33H28F8N8O. The average molecular weight is 705 g/mol. The number of nitrogens with zero attached hydrogens (tertiary/aromatic N) is 6. The fraction of sp³-hybridized carbons (Fsp3) is 0.364. The highest BCUT2D eigenvalue weighted by molar-refractivity contribution is 6.10. The number of aryl methyl sites for hydroxylation is 1. The number of carbonyl (C=O) groups excluding carboxylic acids is 1. The van der Waals surface area contributed by atoms with E-state index >= 15 is 0 Å². The number of hydrogen-bond acceptors (Lipinski definition) is 7. The van der Waals surface area contributed by atoms with Crippen LogP contribution in [0.2, 0.25) is 0 Å². The highest BCUT2D eigenvalue weighted by atomic mass is 19.4. The number of rotatable bonds is 10. The monoisotopic (exact) mass is 704 g/mol. The molecule has 4 aromatic rings. The van der Waals surface area contributed by atoms with Crippen molar-refractivity contribution in [3.05, 3.63) is 76.6 Å². The molecule has 0 atom stereocenters. The summed E-state index contributed by atoms with van der Waals surface area (Å²) >= 11 is 0. The third-order valence-corrected chi connectivity index (χ3v) is 8.56. The lowest BCUT2D eigenvalue weighted by Gasteiger charge is -2.35. The van der Waals surface area contributed by atoms with Crippen LogP contribution in [0, 0.1) is 11.3 Å². The molecule has 9 nitrogen and oxygen atoms in total. The molecule has 0 bridgehead atoms. The first-order valence-corrected chi connectivity index (χ1v) is 15.4. The standard InChI is InChI=1S/C33H28F8N8O/c1-48-17-45-47-29(48)22-5-4-20(32(36,37)38)12-23(22)19-10-27(43-7-3-2-6-42)46-28(11-19)49-16-25-24(30(49)50)8-18(9-26(25)33(39,40)41)15-44-21-13-31(34,35)14-21/h4-5,8-12,17,21,44H,2-3,7,13-16H2,1H3,(H,43,46). The predicted molar refractivity (Wildman–Crippen MR) is 165 cm³/mol. The van der Waals surface area contributed by atoms with Gasteiger partial charge < -0.3 is 15.2 Å². The first-order valence-electron chi connectivity index (χ1n) is 15.4. The van der Waals surface area contributed by atoms with Gasteiger partial charge in [0, 0.05) is 56.6 Å². The molecule has 6 rings (SSSR count). The third kappa shape index (κ3) is 7.11. The second-order valence-electron chi connectivity index (χ2n) is 12.2. The van der Waals surface area contributed by atoms with Gasteiger partial charge in [0.25, 0.3) is 11.8 Å². The molecule has 17 heteroatoms. The Morgan fingerprint density at radius 2 is 1.76 bits per heavy atom. The number of aromatic nitrogens is 4. The van der Waals surface area contributed by atoms with Gasteiger partial charge in [-0.3, -0.25) is 9.69 Å². The van der Waals surface area contributed by atoms with Crippen molar-refractivity contribution in [2.75, 3.05) is 16.8 Å². The minimum Gasteiger partial charge on any atom is -0.370 e. The number of carbonyl (C=O) groups is 1. The summed E-state index contributed by atoms with van der Waals surface area (Å²) in [5, 5.41) is 22.6. The van der Waals surface area contributed by atoms with Crippen molar-refractivity contribution in [2.45, 2.75) is 63.1 Å². The van der Waals surface area contributed by atoms with Crippen molar-refractivity contribution in [3.63, 3.8) is 0 Å². The normalized spacial score (nSPS) is 15.9. The van der Waals surface area contributed by atoms with Gasteiger partial charge in [0.05, 0.1) is 23.7 Å². The quantitative estimate of drug-likeness (QED) is 0.131. The lowest BCUT2D eigenvalue weighted by molar-refractivity contribution is -0.138. The fourth-order valence-corrected chi connectivity index (χ4v) is 6.04. The second kappa shape index (κ2) is 13.0. The number of benzene rings is 2. The maximum atomic E-state index is 14.4. The van der Waals surface area contributed by atoms with E-state index < -0.39 is 60.7 Å². The van der Waals surface area contributed by atoms with Crippen LogP contribution in [0.4, 0.5) is 46.8 Å². The van der Waals surface area contributed by atoms with Gasteiger partial charge in [-0.25, -0.2) is 13.8 Å². The molecule has 0 radical (unpaired) electrons. The van der Waals surface area contributed by atoms with Gasteiger partial charge in [-0.15, -0.1) is 10.2 Å². The molecule has 2 aromatic heterocycles. The van der Waals surface area contributed by atoms with E-state index in [9.17, 15) is 39.9 Å². The van der Waals surface area contributed by atoms with Crippen LogP contribution in [0.1, 0.15) is 58.3 Å². The van der Waals surface area contributed by atoms with Crippen molar-refractivity contribution in [1.29, 1.82) is 5.26 Å². The van der Waals surface area contributed by atoms with Crippen LogP contribution >= 0.6 is 0 Å². The van der Waals surface area contributed by atoms with Crippen LogP contribution in [-0.2, 0) is 32.5 Å². The highest BCUT2D eigenvalue weighted by Gasteiger charge is 2.45. The number of amides is 1. The summed E-state index contributed by atoms with van der Waals surface area (Å²) in [6, 6.07) is 9.33. The Labute approximate surface area is 279 Å². The molecule has 1 fully saturated rings. The fourth-order valence-electron chi connectivity index (χ4n) is 6.04. The number of pyridine rings is 1. The van der Waals surface area contributed by atoms with Crippen LogP contribution in [-0.4, -0.2) is 44.2 Å². The molecule has 2 N–H and O–H groups in total. The Kier molecular flexibility index (Phi) is 9.01. The summed E-state index contributed by atoms with van der Waals surface area (Å²) in [5.74, 6) is -3.49. The van der Waals surface area contributed by atoms with E-state index in [0.717, 1.165) is 23.1 Å². The van der Waals surface area contributed by atoms with E-state index in [4.69, 9.17) is 5.26 Å². The number of anilines is 2. The van der Waals surface area contributed by atoms with Gasteiger partial charge in [-0.1, -0.05) is 0 Å². The highest BCUT2D eigenvalue weighted by Crippen LogP contribution is 2.43. The second-order valence-corrected chi connectivity index (χ2v) is 12.2. The number of alkyl halides is 8. The Morgan fingerprint density at radius 3 is 2.40 bits per heavy atom. The van der Waals surface area contributed by atoms with E-state index in [1.807, 2.05) is 6.07 Å². The third-order valence-electron chi connectivity index (χ3n) is 8.56. The maximum absolute atomic E-state index is 14.4. The van der Waals surface area contributed by atoms with Crippen molar-refractivity contribution >= 4 is 17.5 Å². The zero-order valence-electron chi connectivity index (χ0n) is 26.3. The van der Waals surface area contributed by atoms with Crippen LogP contribution in [0.5, 0.6) is 0 Å². The Balaban J connectivity index is 1.42. The van der Waals surface area contributed by atoms with Gasteiger partial charge in [0.1, 0.15) is 18.0 Å². The zero-order chi connectivity index (χ0) is 36.0. The number of nitrogens with one attached hydrogen (secondary N) is 2. The number of unbranched alkanes of at least 4 members (excludes halogenated alkanes) is 1. The van der Waals surface area contributed by atoms with Crippen molar-refractivity contribution in [3.8, 4) is 28.6 Å². The summed E-state index contributed by atoms with van der Waals surface area (Å²) in [5.41, 5.74) is -2.14. The summed E-state index contributed by atoms with van der Waals surface area (Å²) in [4.78, 5) is 19.3. The summed E-state index contributed by atoms with van der Waals surface area (Å²) < 4.78 is 113. The van der Waals surface area contributed by atoms with Gasteiger partial charge in [0.2, 0.25) is 0 Å². The van der Waals surface area contributed by atoms with Gasteiger partial charge in [-0.05, 0) is 71.1 Å². The number of hydrogen-bond donors (Lipinski definition) is 2.